The van der Waals surface area contributed by atoms with E-state index in [2.05, 4.69) is 23.5 Å². The zero-order chi connectivity index (χ0) is 28.4. The Morgan fingerprint density at radius 2 is 1.80 bits per heavy atom. The van der Waals surface area contributed by atoms with Crippen LogP contribution in [0, 0.1) is 11.6 Å². The van der Waals surface area contributed by atoms with Crippen LogP contribution in [0.3, 0.4) is 0 Å². The summed E-state index contributed by atoms with van der Waals surface area (Å²) in [5, 5.41) is 3.26. The molecule has 3 aromatic carbocycles. The lowest BCUT2D eigenvalue weighted by Crippen LogP contribution is -2.44. The third-order valence-electron chi connectivity index (χ3n) is 7.72. The topological polar surface area (TPSA) is 41.6 Å². The summed E-state index contributed by atoms with van der Waals surface area (Å²) in [4.78, 5) is 17.3. The number of nitrogens with one attached hydrogen (secondary N) is 1. The molecule has 0 saturated heterocycles. The molecule has 218 valence electrons. The standard InChI is InChI=1S/C31H31ClF2N2O2S2.ClH/c1-35-20-9-11-21(12-10-20)36(31(37)30-28(32)27-23(33)13-14-24(34)29(27)40-30)17-19-16-18(8-15-25(19)38-2)22-6-4-5-7-26(22)39-3;/h4-8,13-16,20-21,35H,9-12,17H2,1-3H3;1H. The molecule has 1 aliphatic carbocycles. The van der Waals surface area contributed by atoms with Gasteiger partial charge in [-0.3, -0.25) is 4.79 Å². The summed E-state index contributed by atoms with van der Waals surface area (Å²) in [5.41, 5.74) is 2.98. The zero-order valence-electron chi connectivity index (χ0n) is 23.0. The summed E-state index contributed by atoms with van der Waals surface area (Å²) in [6.45, 7) is 0.279. The fraction of sp³-hybridized carbons (Fsp3) is 0.323. The van der Waals surface area contributed by atoms with E-state index in [9.17, 15) is 13.6 Å². The fourth-order valence-electron chi connectivity index (χ4n) is 5.55. The number of nitrogens with zero attached hydrogens (tertiary/aromatic N) is 1. The van der Waals surface area contributed by atoms with Crippen LogP contribution in [-0.2, 0) is 6.54 Å². The highest BCUT2D eigenvalue weighted by molar-refractivity contribution is 7.98. The third kappa shape index (κ3) is 6.37. The molecular formula is C31H32Cl2F2N2O2S2. The van der Waals surface area contributed by atoms with Crippen LogP contribution >= 0.6 is 47.1 Å². The number of hydrogen-bond acceptors (Lipinski definition) is 5. The molecule has 1 amide bonds. The molecule has 0 aliphatic heterocycles. The van der Waals surface area contributed by atoms with Crippen molar-refractivity contribution in [2.45, 2.75) is 49.2 Å². The number of hydrogen-bond donors (Lipinski definition) is 1. The van der Waals surface area contributed by atoms with E-state index in [0.717, 1.165) is 70.7 Å². The molecule has 1 fully saturated rings. The van der Waals surface area contributed by atoms with Gasteiger partial charge >= 0.3 is 0 Å². The first-order valence-electron chi connectivity index (χ1n) is 13.2. The highest BCUT2D eigenvalue weighted by Crippen LogP contribution is 2.41. The summed E-state index contributed by atoms with van der Waals surface area (Å²) < 4.78 is 35.1. The molecule has 4 nitrogen and oxygen atoms in total. The summed E-state index contributed by atoms with van der Waals surface area (Å²) in [5.74, 6) is -0.883. The number of thioether (sulfide) groups is 1. The van der Waals surface area contributed by atoms with Crippen molar-refractivity contribution in [1.29, 1.82) is 0 Å². The predicted molar refractivity (Wildman–Crippen MR) is 169 cm³/mol. The average molecular weight is 638 g/mol. The lowest BCUT2D eigenvalue weighted by atomic mass is 9.89. The summed E-state index contributed by atoms with van der Waals surface area (Å²) in [6, 6.07) is 16.7. The maximum absolute atomic E-state index is 14.7. The number of methoxy groups -OCH3 is 1. The Morgan fingerprint density at radius 1 is 1.10 bits per heavy atom. The summed E-state index contributed by atoms with van der Waals surface area (Å²) >= 11 is 9.17. The van der Waals surface area contributed by atoms with Gasteiger partial charge in [0.15, 0.2) is 0 Å². The van der Waals surface area contributed by atoms with Crippen LogP contribution in [0.25, 0.3) is 21.2 Å². The highest BCUT2D eigenvalue weighted by Gasteiger charge is 2.33. The van der Waals surface area contributed by atoms with Gasteiger partial charge in [0, 0.05) is 29.1 Å². The highest BCUT2D eigenvalue weighted by atomic mass is 35.5. The number of carbonyl (C=O) groups is 1. The van der Waals surface area contributed by atoms with Crippen molar-refractivity contribution in [1.82, 2.24) is 10.2 Å². The number of ether oxygens (including phenoxy) is 1. The molecule has 1 aromatic heterocycles. The molecule has 5 rings (SSSR count). The average Bonchev–Trinajstić information content (AvgIpc) is 3.35. The van der Waals surface area contributed by atoms with Crippen molar-refractivity contribution in [3.8, 4) is 16.9 Å². The molecule has 4 aromatic rings. The van der Waals surface area contributed by atoms with E-state index < -0.39 is 11.6 Å². The van der Waals surface area contributed by atoms with Crippen LogP contribution in [-0.4, -0.2) is 43.3 Å². The molecule has 1 saturated carbocycles. The Labute approximate surface area is 258 Å². The first kappa shape index (κ1) is 31.6. The van der Waals surface area contributed by atoms with E-state index in [4.69, 9.17) is 16.3 Å². The van der Waals surface area contributed by atoms with Crippen molar-refractivity contribution in [3.63, 3.8) is 0 Å². The SMILES string of the molecule is CNC1CCC(N(Cc2cc(-c3ccccc3SC)ccc2OC)C(=O)c2sc3c(F)ccc(F)c3c2Cl)CC1.Cl. The molecule has 0 spiro atoms. The monoisotopic (exact) mass is 636 g/mol. The lowest BCUT2D eigenvalue weighted by Gasteiger charge is -2.37. The maximum atomic E-state index is 14.7. The van der Waals surface area contributed by atoms with Gasteiger partial charge in [0.1, 0.15) is 22.3 Å². The predicted octanol–water partition coefficient (Wildman–Crippen LogP) is 8.83. The fourth-order valence-corrected chi connectivity index (χ4v) is 7.67. The third-order valence-corrected chi connectivity index (χ3v) is 10.2. The number of thiophene rings is 1. The van der Waals surface area contributed by atoms with E-state index in [1.54, 1.807) is 18.9 Å². The van der Waals surface area contributed by atoms with E-state index in [1.165, 1.54) is 0 Å². The quantitative estimate of drug-likeness (QED) is 0.196. The van der Waals surface area contributed by atoms with Crippen molar-refractivity contribution < 1.29 is 18.3 Å². The van der Waals surface area contributed by atoms with Gasteiger partial charge in [0.25, 0.3) is 5.91 Å². The number of amides is 1. The Morgan fingerprint density at radius 3 is 2.46 bits per heavy atom. The van der Waals surface area contributed by atoms with Crippen molar-refractivity contribution in [2.75, 3.05) is 20.4 Å². The largest absolute Gasteiger partial charge is 0.496 e. The first-order valence-corrected chi connectivity index (χ1v) is 15.6. The molecule has 0 radical (unpaired) electrons. The number of fused-ring (bicyclic) bond motifs is 1. The second kappa shape index (κ2) is 13.7. The van der Waals surface area contributed by atoms with E-state index in [0.29, 0.717) is 11.8 Å². The minimum atomic E-state index is -0.639. The van der Waals surface area contributed by atoms with Crippen LogP contribution in [0.15, 0.2) is 59.5 Å². The number of carbonyl (C=O) groups excluding carboxylic acids is 1. The zero-order valence-corrected chi connectivity index (χ0v) is 26.2. The second-order valence-corrected chi connectivity index (χ2v) is 12.2. The minimum Gasteiger partial charge on any atom is -0.496 e. The van der Waals surface area contributed by atoms with Crippen LogP contribution < -0.4 is 10.1 Å². The van der Waals surface area contributed by atoms with Crippen LogP contribution in [0.5, 0.6) is 5.75 Å². The molecule has 41 heavy (non-hydrogen) atoms. The van der Waals surface area contributed by atoms with Gasteiger partial charge in [-0.2, -0.15) is 0 Å². The molecule has 0 atom stereocenters. The van der Waals surface area contributed by atoms with Crippen molar-refractivity contribution in [2.24, 2.45) is 0 Å². The summed E-state index contributed by atoms with van der Waals surface area (Å²) in [6.07, 6.45) is 5.50. The number of benzene rings is 3. The summed E-state index contributed by atoms with van der Waals surface area (Å²) in [7, 11) is 3.57. The van der Waals surface area contributed by atoms with Gasteiger partial charge in [-0.15, -0.1) is 35.5 Å². The van der Waals surface area contributed by atoms with Crippen molar-refractivity contribution in [3.05, 3.63) is 81.7 Å². The Balaban J connectivity index is 0.00000387. The van der Waals surface area contributed by atoms with E-state index in [1.807, 2.05) is 42.5 Å². The maximum Gasteiger partial charge on any atom is 0.266 e. The van der Waals surface area contributed by atoms with Gasteiger partial charge in [-0.25, -0.2) is 8.78 Å². The van der Waals surface area contributed by atoms with Gasteiger partial charge < -0.3 is 15.0 Å². The first-order chi connectivity index (χ1) is 19.4. The van der Waals surface area contributed by atoms with Crippen LogP contribution in [0.2, 0.25) is 5.02 Å². The molecular weight excluding hydrogens is 605 g/mol. The van der Waals surface area contributed by atoms with Crippen LogP contribution in [0.1, 0.15) is 40.9 Å². The number of rotatable bonds is 8. The number of halogens is 4. The molecule has 10 heteroatoms. The smallest absolute Gasteiger partial charge is 0.266 e. The van der Waals surface area contributed by atoms with E-state index in [-0.39, 0.29) is 50.9 Å². The normalized spacial score (nSPS) is 16.8. The molecule has 1 N–H and O–H groups in total. The lowest BCUT2D eigenvalue weighted by molar-refractivity contribution is 0.0604. The Bertz CT molecular complexity index is 1540. The van der Waals surface area contributed by atoms with Gasteiger partial charge in [0.2, 0.25) is 0 Å². The van der Waals surface area contributed by atoms with Gasteiger partial charge in [0.05, 0.1) is 22.2 Å². The van der Waals surface area contributed by atoms with Gasteiger partial charge in [-0.1, -0.05) is 35.9 Å². The second-order valence-electron chi connectivity index (χ2n) is 9.93. The minimum absolute atomic E-state index is 0. The van der Waals surface area contributed by atoms with Crippen molar-refractivity contribution >= 4 is 63.1 Å². The molecule has 1 heterocycles. The molecule has 0 unspecified atom stereocenters. The molecule has 1 aliphatic rings. The molecule has 0 bridgehead atoms. The van der Waals surface area contributed by atoms with E-state index >= 15 is 0 Å². The Hall–Kier alpha value is -2.36. The van der Waals surface area contributed by atoms with Crippen LogP contribution in [0.4, 0.5) is 8.78 Å². The Kier molecular flexibility index (Phi) is 10.6. The van der Waals surface area contributed by atoms with Gasteiger partial charge in [-0.05, 0) is 80.4 Å².